The van der Waals surface area contributed by atoms with Crippen LogP contribution >= 0.6 is 0 Å². The standard InChI is InChI=1S/C16H31NO/c1-3-16(11-5-6-12-16)15(17-4-2)10-9-14-8-7-13-18-14/h14-15,17H,3-13H2,1-2H3. The summed E-state index contributed by atoms with van der Waals surface area (Å²) in [6.07, 6.45) is 12.8. The van der Waals surface area contributed by atoms with E-state index >= 15 is 0 Å². The van der Waals surface area contributed by atoms with Gasteiger partial charge in [-0.05, 0) is 56.9 Å². The fraction of sp³-hybridized carbons (Fsp3) is 1.00. The maximum Gasteiger partial charge on any atom is 0.0576 e. The Hall–Kier alpha value is -0.0800. The monoisotopic (exact) mass is 253 g/mol. The minimum Gasteiger partial charge on any atom is -0.378 e. The summed E-state index contributed by atoms with van der Waals surface area (Å²) in [5.41, 5.74) is 0.592. The van der Waals surface area contributed by atoms with E-state index in [2.05, 4.69) is 19.2 Å². The summed E-state index contributed by atoms with van der Waals surface area (Å²) in [5.74, 6) is 0. The summed E-state index contributed by atoms with van der Waals surface area (Å²) in [5, 5.41) is 3.78. The highest BCUT2D eigenvalue weighted by molar-refractivity contribution is 4.94. The topological polar surface area (TPSA) is 21.3 Å². The first kappa shape index (κ1) is 14.3. The van der Waals surface area contributed by atoms with Crippen molar-refractivity contribution in [1.29, 1.82) is 0 Å². The van der Waals surface area contributed by atoms with E-state index in [1.807, 2.05) is 0 Å². The van der Waals surface area contributed by atoms with Crippen molar-refractivity contribution in [2.75, 3.05) is 13.2 Å². The van der Waals surface area contributed by atoms with Gasteiger partial charge in [-0.15, -0.1) is 0 Å². The number of hydrogen-bond acceptors (Lipinski definition) is 2. The molecule has 2 unspecified atom stereocenters. The summed E-state index contributed by atoms with van der Waals surface area (Å²) in [4.78, 5) is 0. The van der Waals surface area contributed by atoms with Crippen LogP contribution in [0.1, 0.15) is 71.6 Å². The molecule has 0 aromatic heterocycles. The van der Waals surface area contributed by atoms with Gasteiger partial charge < -0.3 is 10.1 Å². The molecule has 0 aromatic rings. The van der Waals surface area contributed by atoms with Crippen molar-refractivity contribution in [1.82, 2.24) is 5.32 Å². The van der Waals surface area contributed by atoms with E-state index in [1.54, 1.807) is 0 Å². The van der Waals surface area contributed by atoms with Gasteiger partial charge in [0.1, 0.15) is 0 Å². The average molecular weight is 253 g/mol. The van der Waals surface area contributed by atoms with Crippen LogP contribution in [-0.2, 0) is 4.74 Å². The Morgan fingerprint density at radius 2 is 2.00 bits per heavy atom. The van der Waals surface area contributed by atoms with Gasteiger partial charge in [0.15, 0.2) is 0 Å². The molecule has 0 bridgehead atoms. The molecule has 2 heteroatoms. The Morgan fingerprint density at radius 3 is 2.56 bits per heavy atom. The zero-order valence-corrected chi connectivity index (χ0v) is 12.3. The van der Waals surface area contributed by atoms with Gasteiger partial charge in [-0.2, -0.15) is 0 Å². The lowest BCUT2D eigenvalue weighted by Gasteiger charge is -2.38. The molecule has 2 aliphatic rings. The molecule has 1 saturated carbocycles. The summed E-state index contributed by atoms with van der Waals surface area (Å²) in [7, 11) is 0. The van der Waals surface area contributed by atoms with Crippen LogP contribution in [0.3, 0.4) is 0 Å². The van der Waals surface area contributed by atoms with Crippen molar-refractivity contribution in [3.63, 3.8) is 0 Å². The molecule has 106 valence electrons. The van der Waals surface area contributed by atoms with E-state index < -0.39 is 0 Å². The minimum atomic E-state index is 0.557. The van der Waals surface area contributed by atoms with E-state index in [1.165, 1.54) is 57.8 Å². The van der Waals surface area contributed by atoms with Gasteiger partial charge in [0.2, 0.25) is 0 Å². The maximum atomic E-state index is 5.78. The van der Waals surface area contributed by atoms with Gasteiger partial charge in [0, 0.05) is 12.6 Å². The normalized spacial score (nSPS) is 28.7. The molecule has 1 aliphatic heterocycles. The van der Waals surface area contributed by atoms with E-state index in [-0.39, 0.29) is 0 Å². The van der Waals surface area contributed by atoms with E-state index in [4.69, 9.17) is 4.74 Å². The van der Waals surface area contributed by atoms with Crippen LogP contribution in [0.4, 0.5) is 0 Å². The fourth-order valence-electron chi connectivity index (χ4n) is 4.12. The molecule has 1 saturated heterocycles. The highest BCUT2D eigenvalue weighted by Crippen LogP contribution is 2.45. The molecular weight excluding hydrogens is 222 g/mol. The third-order valence-electron chi connectivity index (χ3n) is 5.29. The Morgan fingerprint density at radius 1 is 1.22 bits per heavy atom. The fourth-order valence-corrected chi connectivity index (χ4v) is 4.12. The summed E-state index contributed by atoms with van der Waals surface area (Å²) < 4.78 is 5.78. The summed E-state index contributed by atoms with van der Waals surface area (Å²) >= 11 is 0. The molecule has 0 radical (unpaired) electrons. The Labute approximate surface area is 113 Å². The average Bonchev–Trinajstić information content (AvgIpc) is 3.06. The Balaban J connectivity index is 1.89. The first-order chi connectivity index (χ1) is 8.80. The van der Waals surface area contributed by atoms with Crippen LogP contribution in [0.15, 0.2) is 0 Å². The van der Waals surface area contributed by atoms with Gasteiger partial charge in [0.25, 0.3) is 0 Å². The van der Waals surface area contributed by atoms with Gasteiger partial charge >= 0.3 is 0 Å². The second kappa shape index (κ2) is 6.91. The van der Waals surface area contributed by atoms with Gasteiger partial charge in [-0.1, -0.05) is 26.7 Å². The van der Waals surface area contributed by atoms with Crippen LogP contribution in [-0.4, -0.2) is 25.3 Å². The number of hydrogen-bond donors (Lipinski definition) is 1. The largest absolute Gasteiger partial charge is 0.378 e. The van der Waals surface area contributed by atoms with Crippen molar-refractivity contribution < 1.29 is 4.74 Å². The van der Waals surface area contributed by atoms with Crippen LogP contribution < -0.4 is 5.32 Å². The predicted octanol–water partition coefficient (Wildman–Crippen LogP) is 3.89. The van der Waals surface area contributed by atoms with Crippen molar-refractivity contribution in [2.45, 2.75) is 83.8 Å². The molecule has 0 spiro atoms. The van der Waals surface area contributed by atoms with Crippen LogP contribution in [0.5, 0.6) is 0 Å². The van der Waals surface area contributed by atoms with Gasteiger partial charge in [-0.25, -0.2) is 0 Å². The van der Waals surface area contributed by atoms with Crippen LogP contribution in [0.2, 0.25) is 0 Å². The molecule has 0 amide bonds. The molecule has 0 aromatic carbocycles. The highest BCUT2D eigenvalue weighted by atomic mass is 16.5. The highest BCUT2D eigenvalue weighted by Gasteiger charge is 2.39. The van der Waals surface area contributed by atoms with Crippen molar-refractivity contribution in [3.8, 4) is 0 Å². The molecule has 2 nitrogen and oxygen atoms in total. The first-order valence-corrected chi connectivity index (χ1v) is 8.15. The van der Waals surface area contributed by atoms with Crippen LogP contribution in [0.25, 0.3) is 0 Å². The molecular formula is C16H31NO. The number of ether oxygens (including phenoxy) is 1. The molecule has 2 fully saturated rings. The second-order valence-electron chi connectivity index (χ2n) is 6.25. The lowest BCUT2D eigenvalue weighted by Crippen LogP contribution is -2.44. The van der Waals surface area contributed by atoms with E-state index in [0.29, 0.717) is 11.5 Å². The quantitative estimate of drug-likeness (QED) is 0.743. The zero-order chi connectivity index (χ0) is 12.8. The van der Waals surface area contributed by atoms with Gasteiger partial charge in [-0.3, -0.25) is 0 Å². The Kier molecular flexibility index (Phi) is 5.50. The molecule has 1 aliphatic carbocycles. The van der Waals surface area contributed by atoms with Crippen molar-refractivity contribution >= 4 is 0 Å². The Bertz CT molecular complexity index is 229. The smallest absolute Gasteiger partial charge is 0.0576 e. The SMILES string of the molecule is CCNC(CCC1CCCO1)C1(CC)CCCC1. The van der Waals surface area contributed by atoms with Gasteiger partial charge in [0.05, 0.1) is 6.10 Å². The lowest BCUT2D eigenvalue weighted by molar-refractivity contribution is 0.0880. The van der Waals surface area contributed by atoms with Crippen molar-refractivity contribution in [2.24, 2.45) is 5.41 Å². The molecule has 1 N–H and O–H groups in total. The maximum absolute atomic E-state index is 5.78. The van der Waals surface area contributed by atoms with E-state index in [9.17, 15) is 0 Å². The molecule has 18 heavy (non-hydrogen) atoms. The van der Waals surface area contributed by atoms with Crippen molar-refractivity contribution in [3.05, 3.63) is 0 Å². The summed E-state index contributed by atoms with van der Waals surface area (Å²) in [6.45, 7) is 6.74. The predicted molar refractivity (Wildman–Crippen MR) is 76.9 cm³/mol. The number of rotatable bonds is 7. The zero-order valence-electron chi connectivity index (χ0n) is 12.3. The molecule has 2 rings (SSSR count). The minimum absolute atomic E-state index is 0.557. The van der Waals surface area contributed by atoms with E-state index in [0.717, 1.165) is 19.2 Å². The number of nitrogens with one attached hydrogen (secondary N) is 1. The molecule has 2 atom stereocenters. The summed E-state index contributed by atoms with van der Waals surface area (Å²) in [6, 6.07) is 0.721. The third-order valence-corrected chi connectivity index (χ3v) is 5.29. The third kappa shape index (κ3) is 3.27. The second-order valence-corrected chi connectivity index (χ2v) is 6.25. The lowest BCUT2D eigenvalue weighted by atomic mass is 9.74. The molecule has 1 heterocycles. The van der Waals surface area contributed by atoms with Crippen LogP contribution in [0, 0.1) is 5.41 Å². The first-order valence-electron chi connectivity index (χ1n) is 8.15.